The topological polar surface area (TPSA) is 54.5 Å². The molecule has 2 rings (SSSR count). The number of carbonyl (C=O) groups excluding carboxylic acids is 1. The Morgan fingerprint density at radius 1 is 1.81 bits per heavy atom. The fourth-order valence-corrected chi connectivity index (χ4v) is 2.75. The van der Waals surface area contributed by atoms with Gasteiger partial charge in [-0.15, -0.1) is 11.3 Å². The molecule has 0 spiro atoms. The van der Waals surface area contributed by atoms with E-state index in [9.17, 15) is 4.79 Å². The number of nitrogens with one attached hydrogen (secondary N) is 1. The third-order valence-corrected chi connectivity index (χ3v) is 3.74. The molecule has 0 amide bonds. The second-order valence-electron chi connectivity index (χ2n) is 3.65. The van der Waals surface area contributed by atoms with E-state index in [0.717, 1.165) is 18.0 Å². The van der Waals surface area contributed by atoms with Gasteiger partial charge in [0.25, 0.3) is 0 Å². The van der Waals surface area contributed by atoms with Crippen LogP contribution in [0.2, 0.25) is 0 Å². The summed E-state index contributed by atoms with van der Waals surface area (Å²) >= 11 is 1.48. The lowest BCUT2D eigenvalue weighted by atomic mass is 10.2. The van der Waals surface area contributed by atoms with E-state index in [1.807, 2.05) is 0 Å². The maximum absolute atomic E-state index is 11.4. The number of hydrogen-bond acceptors (Lipinski definition) is 6. The van der Waals surface area contributed by atoms with Gasteiger partial charge in [0.2, 0.25) is 0 Å². The van der Waals surface area contributed by atoms with Crippen molar-refractivity contribution >= 4 is 26.7 Å². The minimum Gasteiger partial charge on any atom is -0.464 e. The average molecular weight is 259 g/mol. The minimum atomic E-state index is -0.362. The van der Waals surface area contributed by atoms with Gasteiger partial charge in [-0.05, 0) is 0 Å². The van der Waals surface area contributed by atoms with Gasteiger partial charge in [0, 0.05) is 25.7 Å². The fourth-order valence-electron chi connectivity index (χ4n) is 1.54. The van der Waals surface area contributed by atoms with Crippen molar-refractivity contribution in [2.45, 2.75) is 12.6 Å². The maximum atomic E-state index is 11.4. The van der Waals surface area contributed by atoms with Crippen molar-refractivity contribution in [3.63, 3.8) is 0 Å². The van der Waals surface area contributed by atoms with Gasteiger partial charge in [-0.25, -0.2) is 9.78 Å². The van der Waals surface area contributed by atoms with Crippen LogP contribution in [0.3, 0.4) is 0 Å². The van der Waals surface area contributed by atoms with Gasteiger partial charge in [-0.2, -0.15) is 0 Å². The second kappa shape index (κ2) is 5.19. The number of rotatable bonds is 4. The van der Waals surface area contributed by atoms with E-state index in [1.165, 1.54) is 18.4 Å². The van der Waals surface area contributed by atoms with Crippen LogP contribution >= 0.6 is 20.7 Å². The molecular weight excluding hydrogens is 245 g/mol. The smallest absolute Gasteiger partial charge is 0.357 e. The van der Waals surface area contributed by atoms with E-state index in [2.05, 4.69) is 29.1 Å². The van der Waals surface area contributed by atoms with E-state index < -0.39 is 0 Å². The van der Waals surface area contributed by atoms with E-state index in [1.54, 1.807) is 5.51 Å². The van der Waals surface area contributed by atoms with Gasteiger partial charge in [0.05, 0.1) is 17.5 Å². The third-order valence-electron chi connectivity index (χ3n) is 2.48. The Balaban J connectivity index is 1.89. The SMILES string of the molecule is COC(=O)c1ncsc1CNC1CN(P)C1. The van der Waals surface area contributed by atoms with Gasteiger partial charge in [-0.1, -0.05) is 9.39 Å². The molecule has 1 aromatic rings. The first-order chi connectivity index (χ1) is 7.70. The minimum absolute atomic E-state index is 0.362. The Morgan fingerprint density at radius 3 is 3.19 bits per heavy atom. The van der Waals surface area contributed by atoms with E-state index in [0.29, 0.717) is 18.3 Å². The molecule has 1 N–H and O–H groups in total. The highest BCUT2D eigenvalue weighted by molar-refractivity contribution is 7.13. The van der Waals surface area contributed by atoms with Gasteiger partial charge in [0.15, 0.2) is 5.69 Å². The summed E-state index contributed by atoms with van der Waals surface area (Å²) in [6, 6.07) is 0.505. The van der Waals surface area contributed by atoms with Gasteiger partial charge in [0.1, 0.15) is 0 Å². The van der Waals surface area contributed by atoms with Crippen LogP contribution in [-0.2, 0) is 11.3 Å². The number of methoxy groups -OCH3 is 1. The molecule has 1 saturated heterocycles. The number of nitrogens with zero attached hydrogens (tertiary/aromatic N) is 2. The predicted molar refractivity (Wildman–Crippen MR) is 65.4 cm³/mol. The molecule has 1 aliphatic heterocycles. The van der Waals surface area contributed by atoms with Crippen LogP contribution in [0.5, 0.6) is 0 Å². The van der Waals surface area contributed by atoms with Crippen molar-refractivity contribution in [2.24, 2.45) is 0 Å². The molecular formula is C9H14N3O2PS. The molecule has 1 fully saturated rings. The molecule has 1 unspecified atom stereocenters. The molecule has 0 aliphatic carbocycles. The first-order valence-electron chi connectivity index (χ1n) is 4.94. The Labute approximate surface area is 100 Å². The van der Waals surface area contributed by atoms with Crippen molar-refractivity contribution < 1.29 is 9.53 Å². The highest BCUT2D eigenvalue weighted by Crippen LogP contribution is 2.17. The zero-order valence-corrected chi connectivity index (χ0v) is 10.9. The summed E-state index contributed by atoms with van der Waals surface area (Å²) in [7, 11) is 4.03. The van der Waals surface area contributed by atoms with Crippen LogP contribution in [-0.4, -0.2) is 41.9 Å². The second-order valence-corrected chi connectivity index (χ2v) is 5.32. The highest BCUT2D eigenvalue weighted by Gasteiger charge is 2.23. The van der Waals surface area contributed by atoms with Crippen LogP contribution in [0, 0.1) is 0 Å². The van der Waals surface area contributed by atoms with Gasteiger partial charge >= 0.3 is 5.97 Å². The molecule has 5 nitrogen and oxygen atoms in total. The lowest BCUT2D eigenvalue weighted by Gasteiger charge is -2.36. The number of esters is 1. The van der Waals surface area contributed by atoms with Crippen LogP contribution in [0.4, 0.5) is 0 Å². The average Bonchev–Trinajstić information content (AvgIpc) is 2.69. The number of hydrogen-bond donors (Lipinski definition) is 1. The largest absolute Gasteiger partial charge is 0.464 e. The maximum Gasteiger partial charge on any atom is 0.357 e. The number of ether oxygens (including phenoxy) is 1. The lowest BCUT2D eigenvalue weighted by molar-refractivity contribution is 0.0593. The summed E-state index contributed by atoms with van der Waals surface area (Å²) in [6.45, 7) is 2.73. The van der Waals surface area contributed by atoms with Crippen molar-refractivity contribution in [1.29, 1.82) is 0 Å². The molecule has 1 atom stereocenters. The summed E-state index contributed by atoms with van der Waals surface area (Å²) in [5, 5.41) is 3.38. The Morgan fingerprint density at radius 2 is 2.56 bits per heavy atom. The first kappa shape index (κ1) is 11.9. The molecule has 0 radical (unpaired) electrons. The van der Waals surface area contributed by atoms with Crippen LogP contribution < -0.4 is 5.32 Å². The van der Waals surface area contributed by atoms with Crippen LogP contribution in [0.1, 0.15) is 15.4 Å². The van der Waals surface area contributed by atoms with Crippen molar-refractivity contribution in [3.05, 3.63) is 16.1 Å². The number of aromatic nitrogens is 1. The summed E-state index contributed by atoms with van der Waals surface area (Å²) < 4.78 is 6.82. The quantitative estimate of drug-likeness (QED) is 0.630. The standard InChI is InChI=1S/C9H14N3O2PS/c1-14-9(13)8-7(16-5-11-8)2-10-6-3-12(15)4-6/h5-6,10H,2-4,15H2,1H3. The van der Waals surface area contributed by atoms with Crippen molar-refractivity contribution in [3.8, 4) is 0 Å². The molecule has 0 saturated carbocycles. The first-order valence-corrected chi connectivity index (χ1v) is 6.34. The molecule has 88 valence electrons. The normalized spacial score (nSPS) is 17.1. The lowest BCUT2D eigenvalue weighted by Crippen LogP contribution is -2.53. The number of carbonyl (C=O) groups is 1. The predicted octanol–water partition coefficient (Wildman–Crippen LogP) is 0.494. The summed E-state index contributed by atoms with van der Waals surface area (Å²) in [4.78, 5) is 16.3. The molecule has 0 bridgehead atoms. The van der Waals surface area contributed by atoms with Gasteiger partial charge in [-0.3, -0.25) is 4.67 Å². The van der Waals surface area contributed by atoms with Crippen LogP contribution in [0.25, 0.3) is 0 Å². The van der Waals surface area contributed by atoms with E-state index in [-0.39, 0.29) is 5.97 Å². The van der Waals surface area contributed by atoms with Gasteiger partial charge < -0.3 is 10.1 Å². The Hall–Kier alpha value is -0.550. The highest BCUT2D eigenvalue weighted by atomic mass is 32.1. The van der Waals surface area contributed by atoms with Crippen molar-refractivity contribution in [1.82, 2.24) is 15.0 Å². The summed E-state index contributed by atoms with van der Waals surface area (Å²) in [5.74, 6) is -0.362. The molecule has 2 heterocycles. The molecule has 0 aromatic carbocycles. The Kier molecular flexibility index (Phi) is 3.86. The van der Waals surface area contributed by atoms with E-state index in [4.69, 9.17) is 0 Å². The fraction of sp³-hybridized carbons (Fsp3) is 0.556. The third kappa shape index (κ3) is 2.58. The zero-order valence-electron chi connectivity index (χ0n) is 8.97. The number of thiazole rings is 1. The summed E-state index contributed by atoms with van der Waals surface area (Å²) in [6.07, 6.45) is 0. The summed E-state index contributed by atoms with van der Waals surface area (Å²) in [5.41, 5.74) is 2.11. The van der Waals surface area contributed by atoms with Crippen molar-refractivity contribution in [2.75, 3.05) is 20.2 Å². The molecule has 16 heavy (non-hydrogen) atoms. The van der Waals surface area contributed by atoms with E-state index >= 15 is 0 Å². The monoisotopic (exact) mass is 259 g/mol. The zero-order chi connectivity index (χ0) is 11.5. The van der Waals surface area contributed by atoms with Crippen LogP contribution in [0.15, 0.2) is 5.51 Å². The molecule has 1 aliphatic rings. The Bertz CT molecular complexity index is 379. The molecule has 1 aromatic heterocycles. The molecule has 7 heteroatoms.